The smallest absolute Gasteiger partial charge is 0.119 e. The van der Waals surface area contributed by atoms with Gasteiger partial charge in [0.1, 0.15) is 18.1 Å². The molecule has 0 aromatic heterocycles. The van der Waals surface area contributed by atoms with Gasteiger partial charge in [0, 0.05) is 11.1 Å². The minimum absolute atomic E-state index is 0.0138. The van der Waals surface area contributed by atoms with Gasteiger partial charge in [-0.25, -0.2) is 0 Å². The van der Waals surface area contributed by atoms with Crippen molar-refractivity contribution in [2.75, 3.05) is 19.8 Å². The Balaban J connectivity index is 1.88. The maximum Gasteiger partial charge on any atom is 0.119 e. The molecule has 0 aliphatic heterocycles. The third-order valence-electron chi connectivity index (χ3n) is 3.44. The first-order valence-electron chi connectivity index (χ1n) is 8.40. The van der Waals surface area contributed by atoms with Crippen molar-refractivity contribution in [3.8, 4) is 23.3 Å². The second kappa shape index (κ2) is 10.4. The van der Waals surface area contributed by atoms with Crippen LogP contribution in [0, 0.1) is 11.8 Å². The van der Waals surface area contributed by atoms with E-state index in [1.54, 1.807) is 0 Å². The molecule has 3 nitrogen and oxygen atoms in total. The zero-order valence-electron chi connectivity index (χ0n) is 14.1. The quantitative estimate of drug-likeness (QED) is 0.588. The third kappa shape index (κ3) is 6.36. The van der Waals surface area contributed by atoms with Gasteiger partial charge >= 0.3 is 0 Å². The van der Waals surface area contributed by atoms with E-state index in [4.69, 9.17) is 14.6 Å². The average molecular weight is 324 g/mol. The van der Waals surface area contributed by atoms with E-state index < -0.39 is 0 Å². The van der Waals surface area contributed by atoms with Crippen molar-refractivity contribution >= 4 is 0 Å². The van der Waals surface area contributed by atoms with E-state index in [9.17, 15) is 0 Å². The van der Waals surface area contributed by atoms with E-state index >= 15 is 0 Å². The molecule has 3 heteroatoms. The normalized spacial score (nSPS) is 9.92. The highest BCUT2D eigenvalue weighted by Gasteiger charge is 1.95. The maximum atomic E-state index is 8.73. The molecule has 2 aromatic rings. The van der Waals surface area contributed by atoms with E-state index in [2.05, 4.69) is 18.8 Å². The van der Waals surface area contributed by atoms with Crippen molar-refractivity contribution in [1.29, 1.82) is 0 Å². The van der Waals surface area contributed by atoms with Gasteiger partial charge in [0.25, 0.3) is 0 Å². The lowest BCUT2D eigenvalue weighted by molar-refractivity contribution is 0.201. The first-order chi connectivity index (χ1) is 11.8. The number of aliphatic hydroxyl groups excluding tert-OH is 1. The van der Waals surface area contributed by atoms with Gasteiger partial charge < -0.3 is 14.6 Å². The maximum absolute atomic E-state index is 8.73. The average Bonchev–Trinajstić information content (AvgIpc) is 2.64. The molecule has 2 aromatic carbocycles. The molecule has 0 amide bonds. The summed E-state index contributed by atoms with van der Waals surface area (Å²) in [4.78, 5) is 0. The molecule has 0 radical (unpaired) electrons. The Morgan fingerprint density at radius 2 is 1.25 bits per heavy atom. The van der Waals surface area contributed by atoms with Crippen LogP contribution in [-0.2, 0) is 0 Å². The van der Waals surface area contributed by atoms with Crippen LogP contribution in [-0.4, -0.2) is 24.9 Å². The van der Waals surface area contributed by atoms with Crippen LogP contribution in [0.3, 0.4) is 0 Å². The van der Waals surface area contributed by atoms with E-state index in [-0.39, 0.29) is 6.61 Å². The highest BCUT2D eigenvalue weighted by atomic mass is 16.5. The summed E-state index contributed by atoms with van der Waals surface area (Å²) in [6, 6.07) is 15.4. The fourth-order valence-corrected chi connectivity index (χ4v) is 2.12. The summed E-state index contributed by atoms with van der Waals surface area (Å²) in [5, 5.41) is 8.73. The third-order valence-corrected chi connectivity index (χ3v) is 3.44. The van der Waals surface area contributed by atoms with Gasteiger partial charge in [-0.3, -0.25) is 0 Å². The van der Waals surface area contributed by atoms with Gasteiger partial charge in [0.05, 0.1) is 13.2 Å². The minimum Gasteiger partial charge on any atom is -0.494 e. The summed E-state index contributed by atoms with van der Waals surface area (Å²) in [6.07, 6.45) is 3.50. The number of rotatable bonds is 8. The highest BCUT2D eigenvalue weighted by Crippen LogP contribution is 2.13. The second-order valence-electron chi connectivity index (χ2n) is 5.43. The Bertz CT molecular complexity index is 648. The van der Waals surface area contributed by atoms with Gasteiger partial charge in [0.2, 0.25) is 0 Å². The van der Waals surface area contributed by atoms with Crippen molar-refractivity contribution < 1.29 is 14.6 Å². The lowest BCUT2D eigenvalue weighted by atomic mass is 10.2. The predicted molar refractivity (Wildman–Crippen MR) is 96.5 cm³/mol. The fourth-order valence-electron chi connectivity index (χ4n) is 2.12. The molecule has 126 valence electrons. The standard InChI is InChI=1S/C21H24O3/c1-2-3-4-16-23-20-11-7-18(8-12-20)5-6-19-9-13-21(14-10-19)24-17-15-22/h7-14,22H,2-4,15-17H2,1H3. The fraction of sp³-hybridized carbons (Fsp3) is 0.333. The molecule has 1 N–H and O–H groups in total. The summed E-state index contributed by atoms with van der Waals surface area (Å²) < 4.78 is 11.0. The lowest BCUT2D eigenvalue weighted by Gasteiger charge is -2.05. The molecule has 0 saturated carbocycles. The van der Waals surface area contributed by atoms with Crippen molar-refractivity contribution in [1.82, 2.24) is 0 Å². The van der Waals surface area contributed by atoms with Crippen molar-refractivity contribution in [2.24, 2.45) is 0 Å². The van der Waals surface area contributed by atoms with Crippen molar-refractivity contribution in [3.63, 3.8) is 0 Å². The SMILES string of the molecule is CCCCCOc1ccc(C#Cc2ccc(OCCO)cc2)cc1. The van der Waals surface area contributed by atoms with Crippen LogP contribution in [0.25, 0.3) is 0 Å². The van der Waals surface area contributed by atoms with Crippen molar-refractivity contribution in [3.05, 3.63) is 59.7 Å². The van der Waals surface area contributed by atoms with Crippen LogP contribution in [0.5, 0.6) is 11.5 Å². The van der Waals surface area contributed by atoms with Gasteiger partial charge in [-0.1, -0.05) is 31.6 Å². The van der Waals surface area contributed by atoms with Gasteiger partial charge in [-0.2, -0.15) is 0 Å². The molecule has 0 fully saturated rings. The first kappa shape index (κ1) is 17.9. The molecule has 2 rings (SSSR count). The predicted octanol–water partition coefficient (Wildman–Crippen LogP) is 4.03. The first-order valence-corrected chi connectivity index (χ1v) is 8.40. The van der Waals surface area contributed by atoms with E-state index in [1.807, 2.05) is 48.5 Å². The van der Waals surface area contributed by atoms with E-state index in [0.29, 0.717) is 6.61 Å². The summed E-state index contributed by atoms with van der Waals surface area (Å²) in [6.45, 7) is 3.27. The van der Waals surface area contributed by atoms with Crippen LogP contribution >= 0.6 is 0 Å². The molecule has 0 heterocycles. The molecule has 0 bridgehead atoms. The van der Waals surface area contributed by atoms with Crippen LogP contribution in [0.4, 0.5) is 0 Å². The minimum atomic E-state index is 0.0138. The van der Waals surface area contributed by atoms with Gasteiger partial charge in [0.15, 0.2) is 0 Å². The second-order valence-corrected chi connectivity index (χ2v) is 5.43. The number of benzene rings is 2. The zero-order chi connectivity index (χ0) is 17.0. The summed E-state index contributed by atoms with van der Waals surface area (Å²) >= 11 is 0. The molecular weight excluding hydrogens is 300 g/mol. The molecule has 0 aliphatic rings. The molecular formula is C21H24O3. The Hall–Kier alpha value is -2.44. The Morgan fingerprint density at radius 3 is 1.71 bits per heavy atom. The topological polar surface area (TPSA) is 38.7 Å². The summed E-state index contributed by atoms with van der Waals surface area (Å²) in [5.41, 5.74) is 1.88. The van der Waals surface area contributed by atoms with Crippen molar-refractivity contribution in [2.45, 2.75) is 26.2 Å². The van der Waals surface area contributed by atoms with Gasteiger partial charge in [-0.15, -0.1) is 0 Å². The zero-order valence-corrected chi connectivity index (χ0v) is 14.1. The van der Waals surface area contributed by atoms with Crippen LogP contribution in [0.2, 0.25) is 0 Å². The molecule has 0 saturated heterocycles. The number of aliphatic hydroxyl groups is 1. The monoisotopic (exact) mass is 324 g/mol. The number of unbranched alkanes of at least 4 members (excludes halogenated alkanes) is 2. The van der Waals surface area contributed by atoms with Gasteiger partial charge in [-0.05, 0) is 55.0 Å². The molecule has 0 atom stereocenters. The van der Waals surface area contributed by atoms with E-state index in [1.165, 1.54) is 12.8 Å². The number of hydrogen-bond acceptors (Lipinski definition) is 3. The molecule has 0 spiro atoms. The largest absolute Gasteiger partial charge is 0.494 e. The van der Waals surface area contributed by atoms with Crippen LogP contribution < -0.4 is 9.47 Å². The Kier molecular flexibility index (Phi) is 7.73. The molecule has 0 unspecified atom stereocenters. The van der Waals surface area contributed by atoms with Crippen LogP contribution in [0.1, 0.15) is 37.3 Å². The molecule has 24 heavy (non-hydrogen) atoms. The molecule has 0 aliphatic carbocycles. The summed E-state index contributed by atoms with van der Waals surface area (Å²) in [7, 11) is 0. The number of hydrogen-bond donors (Lipinski definition) is 1. The van der Waals surface area contributed by atoms with E-state index in [0.717, 1.165) is 35.7 Å². The van der Waals surface area contributed by atoms with Crippen LogP contribution in [0.15, 0.2) is 48.5 Å². The number of ether oxygens (including phenoxy) is 2. The Labute approximate surface area is 144 Å². The highest BCUT2D eigenvalue weighted by molar-refractivity contribution is 5.45. The Morgan fingerprint density at radius 1 is 0.750 bits per heavy atom. The summed E-state index contributed by atoms with van der Waals surface area (Å²) in [5.74, 6) is 7.89. The lowest BCUT2D eigenvalue weighted by Crippen LogP contribution is -2.01.